The summed E-state index contributed by atoms with van der Waals surface area (Å²) in [5, 5.41) is 3.98. The van der Waals surface area contributed by atoms with Gasteiger partial charge in [0.2, 0.25) is 5.91 Å². The number of thioether (sulfide) groups is 1. The topological polar surface area (TPSA) is 55.1 Å². The van der Waals surface area contributed by atoms with Gasteiger partial charge >= 0.3 is 0 Å². The molecular weight excluding hydrogens is 256 g/mol. The van der Waals surface area contributed by atoms with Crippen LogP contribution >= 0.6 is 23.4 Å². The molecule has 0 saturated heterocycles. The van der Waals surface area contributed by atoms with Crippen LogP contribution in [0, 0.1) is 0 Å². The number of nitrogens with one attached hydrogen (secondary N) is 1. The van der Waals surface area contributed by atoms with E-state index in [4.69, 9.17) is 17.3 Å². The van der Waals surface area contributed by atoms with Gasteiger partial charge < -0.3 is 11.1 Å². The second-order valence-electron chi connectivity index (χ2n) is 4.18. The van der Waals surface area contributed by atoms with Crippen LogP contribution in [0.15, 0.2) is 29.2 Å². The maximum absolute atomic E-state index is 11.1. The molecule has 0 unspecified atom stereocenters. The summed E-state index contributed by atoms with van der Waals surface area (Å²) >= 11 is 7.54. The molecule has 1 aromatic carbocycles. The number of benzene rings is 1. The first-order chi connectivity index (χ1) is 8.12. The van der Waals surface area contributed by atoms with Crippen LogP contribution in [0.25, 0.3) is 0 Å². The van der Waals surface area contributed by atoms with Crippen LogP contribution in [-0.2, 0) is 4.79 Å². The summed E-state index contributed by atoms with van der Waals surface area (Å²) in [6, 6.07) is 7.74. The van der Waals surface area contributed by atoms with Crippen molar-refractivity contribution in [3.8, 4) is 0 Å². The Labute approximate surface area is 110 Å². The summed E-state index contributed by atoms with van der Waals surface area (Å²) in [6.45, 7) is 0.788. The summed E-state index contributed by atoms with van der Waals surface area (Å²) in [4.78, 5) is 12.3. The van der Waals surface area contributed by atoms with Crippen molar-refractivity contribution in [2.24, 2.45) is 5.73 Å². The third-order valence-electron chi connectivity index (χ3n) is 2.87. The molecule has 3 nitrogen and oxygen atoms in total. The van der Waals surface area contributed by atoms with Gasteiger partial charge in [-0.3, -0.25) is 4.79 Å². The highest BCUT2D eigenvalue weighted by Gasteiger charge is 2.47. The standard InChI is InChI=1S/C12H15ClN2OS/c13-9-1-3-10(4-2-9)17-8-7-15-12(5-6-12)11(14)16/h1-4,15H,5-8H2,(H2,14,16). The third-order valence-corrected chi connectivity index (χ3v) is 4.14. The molecule has 1 aliphatic carbocycles. The Balaban J connectivity index is 1.70. The van der Waals surface area contributed by atoms with E-state index in [0.717, 1.165) is 30.2 Å². The summed E-state index contributed by atoms with van der Waals surface area (Å²) in [5.41, 5.74) is 4.92. The van der Waals surface area contributed by atoms with Crippen molar-refractivity contribution in [2.75, 3.05) is 12.3 Å². The lowest BCUT2D eigenvalue weighted by Crippen LogP contribution is -2.44. The number of hydrogen-bond donors (Lipinski definition) is 2. The van der Waals surface area contributed by atoms with Crippen LogP contribution in [-0.4, -0.2) is 23.7 Å². The van der Waals surface area contributed by atoms with Gasteiger partial charge in [0.15, 0.2) is 0 Å². The minimum absolute atomic E-state index is 0.228. The van der Waals surface area contributed by atoms with Gasteiger partial charge in [0.25, 0.3) is 0 Å². The fourth-order valence-corrected chi connectivity index (χ4v) is 2.52. The second kappa shape index (κ2) is 5.29. The van der Waals surface area contributed by atoms with E-state index in [1.807, 2.05) is 24.3 Å². The molecule has 5 heteroatoms. The molecule has 1 amide bonds. The van der Waals surface area contributed by atoms with Crippen molar-refractivity contribution < 1.29 is 4.79 Å². The Kier molecular flexibility index (Phi) is 3.97. The van der Waals surface area contributed by atoms with Gasteiger partial charge in [-0.1, -0.05) is 11.6 Å². The smallest absolute Gasteiger partial charge is 0.237 e. The van der Waals surface area contributed by atoms with Gasteiger partial charge in [-0.15, -0.1) is 11.8 Å². The van der Waals surface area contributed by atoms with Gasteiger partial charge in [0, 0.05) is 22.2 Å². The molecule has 0 atom stereocenters. The van der Waals surface area contributed by atoms with E-state index in [-0.39, 0.29) is 5.91 Å². The van der Waals surface area contributed by atoms with Crippen molar-refractivity contribution in [1.29, 1.82) is 0 Å². The van der Waals surface area contributed by atoms with Crippen molar-refractivity contribution in [2.45, 2.75) is 23.3 Å². The molecule has 0 aromatic heterocycles. The van der Waals surface area contributed by atoms with Crippen LogP contribution in [0.2, 0.25) is 5.02 Å². The SMILES string of the molecule is NC(=O)C1(NCCSc2ccc(Cl)cc2)CC1. The molecule has 1 saturated carbocycles. The van der Waals surface area contributed by atoms with E-state index in [1.165, 1.54) is 4.90 Å². The lowest BCUT2D eigenvalue weighted by molar-refractivity contribution is -0.120. The summed E-state index contributed by atoms with van der Waals surface area (Å²) in [6.07, 6.45) is 1.74. The largest absolute Gasteiger partial charge is 0.368 e. The minimum Gasteiger partial charge on any atom is -0.368 e. The Morgan fingerprint density at radius 2 is 2.06 bits per heavy atom. The van der Waals surface area contributed by atoms with Gasteiger partial charge in [-0.25, -0.2) is 0 Å². The fraction of sp³-hybridized carbons (Fsp3) is 0.417. The summed E-state index contributed by atoms with van der Waals surface area (Å²) < 4.78 is 0. The van der Waals surface area contributed by atoms with Crippen molar-refractivity contribution >= 4 is 29.3 Å². The first kappa shape index (κ1) is 12.7. The normalized spacial score (nSPS) is 16.8. The van der Waals surface area contributed by atoms with Crippen LogP contribution in [0.4, 0.5) is 0 Å². The number of rotatable bonds is 6. The average molecular weight is 271 g/mol. The summed E-state index contributed by atoms with van der Waals surface area (Å²) in [5.74, 6) is 0.686. The van der Waals surface area contributed by atoms with E-state index in [0.29, 0.717) is 0 Å². The molecule has 3 N–H and O–H groups in total. The molecule has 17 heavy (non-hydrogen) atoms. The monoisotopic (exact) mass is 270 g/mol. The van der Waals surface area contributed by atoms with Crippen LogP contribution in [0.3, 0.4) is 0 Å². The summed E-state index contributed by atoms with van der Waals surface area (Å²) in [7, 11) is 0. The highest BCUT2D eigenvalue weighted by molar-refractivity contribution is 7.99. The number of hydrogen-bond acceptors (Lipinski definition) is 3. The van der Waals surface area contributed by atoms with Gasteiger partial charge in [0.05, 0.1) is 5.54 Å². The van der Waals surface area contributed by atoms with Gasteiger partial charge in [0.1, 0.15) is 0 Å². The first-order valence-corrected chi connectivity index (χ1v) is 6.92. The molecule has 0 bridgehead atoms. The number of primary amides is 1. The van der Waals surface area contributed by atoms with Crippen LogP contribution in [0.1, 0.15) is 12.8 Å². The number of amides is 1. The molecule has 0 spiro atoms. The Bertz CT molecular complexity index is 403. The zero-order valence-corrected chi connectivity index (χ0v) is 11.0. The zero-order chi connectivity index (χ0) is 12.3. The zero-order valence-electron chi connectivity index (χ0n) is 9.41. The predicted molar refractivity (Wildman–Crippen MR) is 71.3 cm³/mol. The van der Waals surface area contributed by atoms with E-state index in [9.17, 15) is 4.79 Å². The lowest BCUT2D eigenvalue weighted by atomic mass is 10.2. The maximum Gasteiger partial charge on any atom is 0.237 e. The Hall–Kier alpha value is -0.710. The van der Waals surface area contributed by atoms with E-state index in [2.05, 4.69) is 5.32 Å². The molecule has 0 heterocycles. The second-order valence-corrected chi connectivity index (χ2v) is 5.78. The minimum atomic E-state index is -0.402. The van der Waals surface area contributed by atoms with E-state index < -0.39 is 5.54 Å². The molecule has 1 aromatic rings. The average Bonchev–Trinajstić information content (AvgIpc) is 3.08. The van der Waals surface area contributed by atoms with Crippen molar-refractivity contribution in [3.63, 3.8) is 0 Å². The van der Waals surface area contributed by atoms with Crippen molar-refractivity contribution in [1.82, 2.24) is 5.32 Å². The number of carbonyl (C=O) groups excluding carboxylic acids is 1. The number of carbonyl (C=O) groups is 1. The van der Waals surface area contributed by atoms with E-state index >= 15 is 0 Å². The van der Waals surface area contributed by atoms with Crippen LogP contribution < -0.4 is 11.1 Å². The number of nitrogens with two attached hydrogens (primary N) is 1. The molecule has 0 radical (unpaired) electrons. The van der Waals surface area contributed by atoms with Crippen molar-refractivity contribution in [3.05, 3.63) is 29.3 Å². The van der Waals surface area contributed by atoms with Gasteiger partial charge in [-0.05, 0) is 37.1 Å². The third kappa shape index (κ3) is 3.37. The first-order valence-electron chi connectivity index (χ1n) is 5.56. The highest BCUT2D eigenvalue weighted by atomic mass is 35.5. The molecular formula is C12H15ClN2OS. The molecule has 92 valence electrons. The van der Waals surface area contributed by atoms with Crippen LogP contribution in [0.5, 0.6) is 0 Å². The predicted octanol–water partition coefficient (Wildman–Crippen LogP) is 2.04. The molecule has 1 aliphatic rings. The molecule has 2 rings (SSSR count). The highest BCUT2D eigenvalue weighted by Crippen LogP contribution is 2.34. The quantitative estimate of drug-likeness (QED) is 0.614. The lowest BCUT2D eigenvalue weighted by Gasteiger charge is -2.12. The number of halogens is 1. The Morgan fingerprint density at radius 3 is 2.59 bits per heavy atom. The van der Waals surface area contributed by atoms with Gasteiger partial charge in [-0.2, -0.15) is 0 Å². The maximum atomic E-state index is 11.1. The Morgan fingerprint density at radius 1 is 1.41 bits per heavy atom. The molecule has 1 fully saturated rings. The fourth-order valence-electron chi connectivity index (χ4n) is 1.63. The van der Waals surface area contributed by atoms with E-state index in [1.54, 1.807) is 11.8 Å². The molecule has 0 aliphatic heterocycles.